The number of H-pyrrole nitrogens is 1. The fourth-order valence-corrected chi connectivity index (χ4v) is 1.91. The van der Waals surface area contributed by atoms with Gasteiger partial charge >= 0.3 is 0 Å². The fourth-order valence-electron chi connectivity index (χ4n) is 1.91. The highest BCUT2D eigenvalue weighted by Gasteiger charge is 2.14. The maximum absolute atomic E-state index is 12.0. The number of aryl methyl sites for hydroxylation is 3. The van der Waals surface area contributed by atoms with E-state index in [-0.39, 0.29) is 12.5 Å². The first-order valence-corrected chi connectivity index (χ1v) is 6.01. The van der Waals surface area contributed by atoms with E-state index in [4.69, 9.17) is 5.73 Å². The van der Waals surface area contributed by atoms with Crippen LogP contribution in [0.5, 0.6) is 0 Å². The molecule has 7 nitrogen and oxygen atoms in total. The van der Waals surface area contributed by atoms with Crippen molar-refractivity contribution in [1.82, 2.24) is 20.0 Å². The van der Waals surface area contributed by atoms with Gasteiger partial charge in [-0.05, 0) is 27.7 Å². The molecule has 0 aliphatic rings. The summed E-state index contributed by atoms with van der Waals surface area (Å²) in [6.45, 7) is 7.49. The topological polar surface area (TPSA) is 102 Å². The van der Waals surface area contributed by atoms with Crippen LogP contribution in [0.25, 0.3) is 0 Å². The molecule has 102 valence electrons. The molecule has 0 atom stereocenters. The number of carbonyl (C=O) groups excluding carboxylic acids is 1. The van der Waals surface area contributed by atoms with Crippen molar-refractivity contribution in [3.8, 4) is 0 Å². The van der Waals surface area contributed by atoms with Gasteiger partial charge in [0.1, 0.15) is 6.54 Å². The van der Waals surface area contributed by atoms with Crippen LogP contribution in [0.4, 0.5) is 11.4 Å². The number of rotatable bonds is 3. The smallest absolute Gasteiger partial charge is 0.246 e. The van der Waals surface area contributed by atoms with E-state index < -0.39 is 0 Å². The predicted octanol–water partition coefficient (Wildman–Crippen LogP) is 1.06. The molecule has 0 aliphatic carbocycles. The number of hydrogen-bond donors (Lipinski definition) is 3. The number of nitrogens with two attached hydrogens (primary N) is 1. The van der Waals surface area contributed by atoms with E-state index in [1.165, 1.54) is 0 Å². The number of anilines is 2. The summed E-state index contributed by atoms with van der Waals surface area (Å²) in [6.07, 6.45) is 0. The molecular weight excluding hydrogens is 244 g/mol. The van der Waals surface area contributed by atoms with E-state index in [0.717, 1.165) is 28.5 Å². The minimum atomic E-state index is -0.154. The van der Waals surface area contributed by atoms with Crippen molar-refractivity contribution in [2.75, 3.05) is 11.1 Å². The molecule has 0 spiro atoms. The Balaban J connectivity index is 2.12. The summed E-state index contributed by atoms with van der Waals surface area (Å²) in [6, 6.07) is 0. The lowest BCUT2D eigenvalue weighted by Gasteiger charge is -2.07. The molecule has 4 N–H and O–H groups in total. The quantitative estimate of drug-likeness (QED) is 0.769. The minimum Gasteiger partial charge on any atom is -0.396 e. The molecule has 0 unspecified atom stereocenters. The van der Waals surface area contributed by atoms with Gasteiger partial charge in [0, 0.05) is 0 Å². The summed E-state index contributed by atoms with van der Waals surface area (Å²) < 4.78 is 1.60. The summed E-state index contributed by atoms with van der Waals surface area (Å²) in [5, 5.41) is 13.9. The van der Waals surface area contributed by atoms with Crippen LogP contribution in [0.3, 0.4) is 0 Å². The summed E-state index contributed by atoms with van der Waals surface area (Å²) in [7, 11) is 0. The zero-order valence-corrected chi connectivity index (χ0v) is 11.5. The van der Waals surface area contributed by atoms with Crippen molar-refractivity contribution in [1.29, 1.82) is 0 Å². The van der Waals surface area contributed by atoms with Gasteiger partial charge in [0.2, 0.25) is 5.91 Å². The van der Waals surface area contributed by atoms with Gasteiger partial charge < -0.3 is 11.1 Å². The van der Waals surface area contributed by atoms with Gasteiger partial charge in [0.05, 0.1) is 34.2 Å². The zero-order chi connectivity index (χ0) is 14.2. The van der Waals surface area contributed by atoms with E-state index in [1.807, 2.05) is 27.7 Å². The number of aromatic amines is 1. The van der Waals surface area contributed by atoms with Crippen LogP contribution in [0.2, 0.25) is 0 Å². The number of carbonyl (C=O) groups is 1. The highest BCUT2D eigenvalue weighted by molar-refractivity contribution is 5.91. The number of nitrogens with one attached hydrogen (secondary N) is 2. The molecule has 7 heteroatoms. The first kappa shape index (κ1) is 13.1. The van der Waals surface area contributed by atoms with E-state index in [1.54, 1.807) is 4.68 Å². The highest BCUT2D eigenvalue weighted by atomic mass is 16.2. The average molecular weight is 262 g/mol. The van der Waals surface area contributed by atoms with Crippen molar-refractivity contribution in [3.05, 3.63) is 22.8 Å². The molecule has 0 saturated carbocycles. The van der Waals surface area contributed by atoms with Gasteiger partial charge in [0.25, 0.3) is 0 Å². The lowest BCUT2D eigenvalue weighted by molar-refractivity contribution is -0.116. The Morgan fingerprint density at radius 3 is 2.47 bits per heavy atom. The third kappa shape index (κ3) is 2.44. The third-order valence-corrected chi connectivity index (χ3v) is 3.12. The standard InChI is InChI=1S/C12H18N6O/c1-6-11(13)9(4)18(17-6)5-10(19)14-12-7(2)15-16-8(12)3/h5,13H2,1-4H3,(H,14,19)(H,15,16). The second-order valence-electron chi connectivity index (χ2n) is 4.60. The molecule has 19 heavy (non-hydrogen) atoms. The second kappa shape index (κ2) is 4.75. The van der Waals surface area contributed by atoms with E-state index in [2.05, 4.69) is 20.6 Å². The summed E-state index contributed by atoms with van der Waals surface area (Å²) in [5.41, 5.74) is 10.3. The summed E-state index contributed by atoms with van der Waals surface area (Å²) in [5.74, 6) is -0.154. The van der Waals surface area contributed by atoms with Crippen LogP contribution in [-0.2, 0) is 11.3 Å². The van der Waals surface area contributed by atoms with Crippen LogP contribution in [0.1, 0.15) is 22.8 Å². The number of hydrogen-bond acceptors (Lipinski definition) is 4. The van der Waals surface area contributed by atoms with Crippen molar-refractivity contribution in [2.45, 2.75) is 34.2 Å². The molecule has 0 bridgehead atoms. The molecular formula is C12H18N6O. The Morgan fingerprint density at radius 1 is 1.32 bits per heavy atom. The Labute approximate surface area is 111 Å². The minimum absolute atomic E-state index is 0.133. The number of amides is 1. The Kier molecular flexibility index (Phi) is 3.28. The van der Waals surface area contributed by atoms with Gasteiger partial charge in [-0.3, -0.25) is 14.6 Å². The largest absolute Gasteiger partial charge is 0.396 e. The zero-order valence-electron chi connectivity index (χ0n) is 11.5. The Bertz CT molecular complexity index is 605. The van der Waals surface area contributed by atoms with Gasteiger partial charge in [-0.15, -0.1) is 0 Å². The molecule has 0 radical (unpaired) electrons. The third-order valence-electron chi connectivity index (χ3n) is 3.12. The lowest BCUT2D eigenvalue weighted by Crippen LogP contribution is -2.21. The van der Waals surface area contributed by atoms with Gasteiger partial charge in [-0.2, -0.15) is 10.2 Å². The van der Waals surface area contributed by atoms with Crippen LogP contribution < -0.4 is 11.1 Å². The van der Waals surface area contributed by atoms with Crippen molar-refractivity contribution in [2.24, 2.45) is 0 Å². The first-order valence-electron chi connectivity index (χ1n) is 6.01. The van der Waals surface area contributed by atoms with E-state index in [0.29, 0.717) is 5.69 Å². The van der Waals surface area contributed by atoms with Crippen molar-refractivity contribution in [3.63, 3.8) is 0 Å². The molecule has 2 aromatic rings. The van der Waals surface area contributed by atoms with Crippen LogP contribution >= 0.6 is 0 Å². The molecule has 0 aliphatic heterocycles. The number of nitrogens with zero attached hydrogens (tertiary/aromatic N) is 3. The van der Waals surface area contributed by atoms with Gasteiger partial charge in [-0.1, -0.05) is 0 Å². The molecule has 0 fully saturated rings. The van der Waals surface area contributed by atoms with E-state index >= 15 is 0 Å². The van der Waals surface area contributed by atoms with Gasteiger partial charge in [0.15, 0.2) is 0 Å². The normalized spacial score (nSPS) is 10.7. The number of nitrogen functional groups attached to an aromatic ring is 1. The highest BCUT2D eigenvalue weighted by Crippen LogP contribution is 2.17. The van der Waals surface area contributed by atoms with Crippen LogP contribution in [0, 0.1) is 27.7 Å². The molecule has 0 aromatic carbocycles. The van der Waals surface area contributed by atoms with Crippen LogP contribution in [0.15, 0.2) is 0 Å². The maximum Gasteiger partial charge on any atom is 0.246 e. The molecule has 2 heterocycles. The monoisotopic (exact) mass is 262 g/mol. The van der Waals surface area contributed by atoms with Crippen molar-refractivity contribution >= 4 is 17.3 Å². The SMILES string of the molecule is Cc1nn(CC(=O)Nc2c(C)n[nH]c2C)c(C)c1N. The first-order chi connectivity index (χ1) is 8.90. The Morgan fingerprint density at radius 2 is 2.00 bits per heavy atom. The lowest BCUT2D eigenvalue weighted by atomic mass is 10.3. The fraction of sp³-hybridized carbons (Fsp3) is 0.417. The van der Waals surface area contributed by atoms with Crippen LogP contribution in [-0.4, -0.2) is 25.9 Å². The summed E-state index contributed by atoms with van der Waals surface area (Å²) in [4.78, 5) is 12.0. The molecule has 1 amide bonds. The molecule has 2 rings (SSSR count). The number of aromatic nitrogens is 4. The maximum atomic E-state index is 12.0. The average Bonchev–Trinajstić information content (AvgIpc) is 2.78. The van der Waals surface area contributed by atoms with Crippen molar-refractivity contribution < 1.29 is 4.79 Å². The molecule has 2 aromatic heterocycles. The Hall–Kier alpha value is -2.31. The predicted molar refractivity (Wildman–Crippen MR) is 72.8 cm³/mol. The molecule has 0 saturated heterocycles. The second-order valence-corrected chi connectivity index (χ2v) is 4.60. The summed E-state index contributed by atoms with van der Waals surface area (Å²) >= 11 is 0. The van der Waals surface area contributed by atoms with Gasteiger partial charge in [-0.25, -0.2) is 0 Å². The van der Waals surface area contributed by atoms with E-state index in [9.17, 15) is 4.79 Å².